The van der Waals surface area contributed by atoms with Crippen molar-refractivity contribution in [1.82, 2.24) is 14.8 Å². The topological polar surface area (TPSA) is 73.0 Å². The lowest BCUT2D eigenvalue weighted by molar-refractivity contribution is 0.0994. The molecule has 0 radical (unpaired) electrons. The van der Waals surface area contributed by atoms with Crippen molar-refractivity contribution in [3.8, 4) is 0 Å². The molecule has 0 aliphatic carbocycles. The molecule has 0 atom stereocenters. The summed E-state index contributed by atoms with van der Waals surface area (Å²) in [7, 11) is 1.68. The number of carbonyl (C=O) groups is 1. The van der Waals surface area contributed by atoms with Crippen LogP contribution < -0.4 is 5.32 Å². The van der Waals surface area contributed by atoms with E-state index in [0.29, 0.717) is 10.6 Å². The third-order valence-electron chi connectivity index (χ3n) is 1.73. The second kappa shape index (κ2) is 3.85. The van der Waals surface area contributed by atoms with E-state index in [9.17, 15) is 4.79 Å². The molecule has 0 unspecified atom stereocenters. The molecule has 0 aromatic carbocycles. The molecule has 2 rings (SSSR count). The molecule has 78 valence electrons. The van der Waals surface area contributed by atoms with E-state index in [-0.39, 0.29) is 11.7 Å². The zero-order valence-electron chi connectivity index (χ0n) is 7.77. The average molecular weight is 271 g/mol. The summed E-state index contributed by atoms with van der Waals surface area (Å²) in [6, 6.07) is 3.21. The molecule has 6 nitrogen and oxygen atoms in total. The number of aryl methyl sites for hydroxylation is 1. The summed E-state index contributed by atoms with van der Waals surface area (Å²) in [6.45, 7) is 0. The summed E-state index contributed by atoms with van der Waals surface area (Å²) < 4.78 is 7.04. The Labute approximate surface area is 93.4 Å². The second-order valence-electron chi connectivity index (χ2n) is 2.77. The van der Waals surface area contributed by atoms with Gasteiger partial charge < -0.3 is 4.42 Å². The van der Waals surface area contributed by atoms with Crippen LogP contribution in [0.3, 0.4) is 0 Å². The maximum Gasteiger partial charge on any atom is 0.293 e. The van der Waals surface area contributed by atoms with Gasteiger partial charge in [0, 0.05) is 7.05 Å². The first-order chi connectivity index (χ1) is 7.16. The number of aromatic nitrogens is 3. The van der Waals surface area contributed by atoms with E-state index >= 15 is 0 Å². The number of hydrogen-bond donors (Lipinski definition) is 1. The van der Waals surface area contributed by atoms with E-state index in [1.165, 1.54) is 11.0 Å². The Hall–Kier alpha value is -1.63. The number of rotatable bonds is 2. The summed E-state index contributed by atoms with van der Waals surface area (Å²) >= 11 is 3.11. The normalized spacial score (nSPS) is 10.3. The van der Waals surface area contributed by atoms with E-state index in [1.54, 1.807) is 19.2 Å². The smallest absolute Gasteiger partial charge is 0.293 e. The molecule has 2 aromatic heterocycles. The van der Waals surface area contributed by atoms with Crippen molar-refractivity contribution in [3.63, 3.8) is 0 Å². The van der Waals surface area contributed by atoms with Crippen LogP contribution in [0.4, 0.5) is 5.95 Å². The molecule has 7 heteroatoms. The highest BCUT2D eigenvalue weighted by Crippen LogP contribution is 2.14. The van der Waals surface area contributed by atoms with Crippen LogP contribution in [-0.2, 0) is 7.05 Å². The third kappa shape index (κ3) is 2.07. The Balaban J connectivity index is 2.14. The highest BCUT2D eigenvalue weighted by Gasteiger charge is 2.12. The van der Waals surface area contributed by atoms with E-state index < -0.39 is 0 Å². The van der Waals surface area contributed by atoms with Crippen LogP contribution in [0.15, 0.2) is 27.5 Å². The zero-order chi connectivity index (χ0) is 10.8. The number of halogens is 1. The van der Waals surface area contributed by atoms with Gasteiger partial charge in [0.2, 0.25) is 5.95 Å². The van der Waals surface area contributed by atoms with Gasteiger partial charge in [-0.15, -0.1) is 0 Å². The first kappa shape index (κ1) is 9.91. The van der Waals surface area contributed by atoms with Crippen LogP contribution in [0.2, 0.25) is 0 Å². The Morgan fingerprint density at radius 2 is 2.40 bits per heavy atom. The van der Waals surface area contributed by atoms with Gasteiger partial charge in [0.1, 0.15) is 6.33 Å². The number of carbonyl (C=O) groups excluding carboxylic acids is 1. The minimum absolute atomic E-state index is 0.213. The van der Waals surface area contributed by atoms with Crippen LogP contribution in [-0.4, -0.2) is 20.7 Å². The third-order valence-corrected chi connectivity index (χ3v) is 2.16. The minimum atomic E-state index is -0.364. The summed E-state index contributed by atoms with van der Waals surface area (Å²) in [4.78, 5) is 15.4. The maximum atomic E-state index is 11.6. The summed E-state index contributed by atoms with van der Waals surface area (Å²) in [6.07, 6.45) is 1.35. The first-order valence-electron chi connectivity index (χ1n) is 4.07. The fraction of sp³-hybridized carbons (Fsp3) is 0.125. The van der Waals surface area contributed by atoms with Gasteiger partial charge >= 0.3 is 0 Å². The van der Waals surface area contributed by atoms with Gasteiger partial charge in [-0.05, 0) is 28.1 Å². The Morgan fingerprint density at radius 3 is 2.93 bits per heavy atom. The molecule has 15 heavy (non-hydrogen) atoms. The molecule has 1 amide bonds. The second-order valence-corrected chi connectivity index (χ2v) is 3.55. The van der Waals surface area contributed by atoms with Crippen molar-refractivity contribution in [2.45, 2.75) is 0 Å². The monoisotopic (exact) mass is 270 g/mol. The van der Waals surface area contributed by atoms with Gasteiger partial charge in [-0.2, -0.15) is 10.1 Å². The molecular weight excluding hydrogens is 264 g/mol. The van der Waals surface area contributed by atoms with Crippen molar-refractivity contribution in [2.24, 2.45) is 7.05 Å². The molecule has 2 heterocycles. The van der Waals surface area contributed by atoms with Gasteiger partial charge in [-0.1, -0.05) is 0 Å². The molecule has 0 saturated heterocycles. The van der Waals surface area contributed by atoms with E-state index in [1.807, 2.05) is 0 Å². The number of hydrogen-bond acceptors (Lipinski definition) is 4. The van der Waals surface area contributed by atoms with Crippen molar-refractivity contribution >= 4 is 27.8 Å². The molecule has 2 aromatic rings. The van der Waals surface area contributed by atoms with Gasteiger partial charge in [-0.3, -0.25) is 10.1 Å². The van der Waals surface area contributed by atoms with Crippen LogP contribution in [0.1, 0.15) is 10.6 Å². The van der Waals surface area contributed by atoms with Crippen molar-refractivity contribution < 1.29 is 9.21 Å². The molecule has 0 aliphatic heterocycles. The fourth-order valence-corrected chi connectivity index (χ4v) is 1.32. The number of furan rings is 1. The Bertz CT molecular complexity index is 490. The van der Waals surface area contributed by atoms with Crippen LogP contribution in [0.5, 0.6) is 0 Å². The molecule has 0 aliphatic rings. The Kier molecular flexibility index (Phi) is 2.55. The predicted octanol–water partition coefficient (Wildman–Crippen LogP) is 1.42. The highest BCUT2D eigenvalue weighted by molar-refractivity contribution is 9.10. The predicted molar refractivity (Wildman–Crippen MR) is 55.4 cm³/mol. The molecule has 0 bridgehead atoms. The Morgan fingerprint density at radius 1 is 1.60 bits per heavy atom. The van der Waals surface area contributed by atoms with E-state index in [0.717, 1.165) is 0 Å². The standard InChI is InChI=1S/C8H7BrN4O2/c1-13-8(10-4-11-13)12-7(14)5-2-3-6(9)15-5/h2-4H,1H3,(H,10,11,12,14). The lowest BCUT2D eigenvalue weighted by Crippen LogP contribution is -2.14. The van der Waals surface area contributed by atoms with Crippen molar-refractivity contribution in [2.75, 3.05) is 5.32 Å². The SMILES string of the molecule is Cn1ncnc1NC(=O)c1ccc(Br)o1. The summed E-state index contributed by atoms with van der Waals surface area (Å²) in [5.41, 5.74) is 0. The zero-order valence-corrected chi connectivity index (χ0v) is 9.35. The quantitative estimate of drug-likeness (QED) is 0.896. The lowest BCUT2D eigenvalue weighted by Gasteiger charge is -2.00. The fourth-order valence-electron chi connectivity index (χ4n) is 1.01. The summed E-state index contributed by atoms with van der Waals surface area (Å²) in [5.74, 6) is 0.217. The number of amides is 1. The molecule has 1 N–H and O–H groups in total. The van der Waals surface area contributed by atoms with E-state index in [2.05, 4.69) is 31.3 Å². The average Bonchev–Trinajstić information content (AvgIpc) is 2.77. The van der Waals surface area contributed by atoms with Crippen molar-refractivity contribution in [1.29, 1.82) is 0 Å². The number of anilines is 1. The molecule has 0 fully saturated rings. The summed E-state index contributed by atoms with van der Waals surface area (Å²) in [5, 5.41) is 6.38. The van der Waals surface area contributed by atoms with Gasteiger partial charge in [-0.25, -0.2) is 4.68 Å². The first-order valence-corrected chi connectivity index (χ1v) is 4.87. The van der Waals surface area contributed by atoms with Gasteiger partial charge in [0.25, 0.3) is 5.91 Å². The van der Waals surface area contributed by atoms with Crippen molar-refractivity contribution in [3.05, 3.63) is 28.9 Å². The molecule has 0 spiro atoms. The van der Waals surface area contributed by atoms with Gasteiger partial charge in [0.15, 0.2) is 10.4 Å². The maximum absolute atomic E-state index is 11.6. The minimum Gasteiger partial charge on any atom is -0.444 e. The van der Waals surface area contributed by atoms with Crippen LogP contribution in [0.25, 0.3) is 0 Å². The number of nitrogens with zero attached hydrogens (tertiary/aromatic N) is 3. The van der Waals surface area contributed by atoms with Crippen LogP contribution in [0, 0.1) is 0 Å². The number of nitrogens with one attached hydrogen (secondary N) is 1. The largest absolute Gasteiger partial charge is 0.444 e. The molecular formula is C8H7BrN4O2. The highest BCUT2D eigenvalue weighted by atomic mass is 79.9. The molecule has 0 saturated carbocycles. The van der Waals surface area contributed by atoms with E-state index in [4.69, 9.17) is 4.42 Å². The lowest BCUT2D eigenvalue weighted by atomic mass is 10.4. The van der Waals surface area contributed by atoms with Crippen LogP contribution >= 0.6 is 15.9 Å². The van der Waals surface area contributed by atoms with Gasteiger partial charge in [0.05, 0.1) is 0 Å².